The van der Waals surface area contributed by atoms with Crippen molar-refractivity contribution in [2.75, 3.05) is 0 Å². The van der Waals surface area contributed by atoms with Crippen molar-refractivity contribution in [1.29, 1.82) is 0 Å². The van der Waals surface area contributed by atoms with Gasteiger partial charge in [0.1, 0.15) is 6.61 Å². The molecule has 0 saturated carbocycles. The van der Waals surface area contributed by atoms with Crippen LogP contribution in [0.15, 0.2) is 84.9 Å². The van der Waals surface area contributed by atoms with Gasteiger partial charge < -0.3 is 4.74 Å². The van der Waals surface area contributed by atoms with Crippen LogP contribution in [0, 0.1) is 0 Å². The highest BCUT2D eigenvalue weighted by Crippen LogP contribution is 2.27. The van der Waals surface area contributed by atoms with Gasteiger partial charge in [-0.2, -0.15) is 9.97 Å². The van der Waals surface area contributed by atoms with E-state index in [1.807, 2.05) is 72.8 Å². The predicted molar refractivity (Wildman–Crippen MR) is 95.7 cm³/mol. The molecule has 1 heterocycles. The van der Waals surface area contributed by atoms with Crippen LogP contribution >= 0.6 is 0 Å². The molecule has 0 aliphatic heterocycles. The molecule has 0 N–H and O–H groups in total. The van der Waals surface area contributed by atoms with Crippen LogP contribution in [-0.4, -0.2) is 9.97 Å². The summed E-state index contributed by atoms with van der Waals surface area (Å²) in [7, 11) is 0. The Morgan fingerprint density at radius 3 is 2.12 bits per heavy atom. The zero-order valence-electron chi connectivity index (χ0n) is 13.1. The first kappa shape index (κ1) is 14.4. The van der Waals surface area contributed by atoms with Crippen LogP contribution in [0.3, 0.4) is 0 Å². The first-order chi connectivity index (χ1) is 11.9. The Kier molecular flexibility index (Phi) is 3.90. The van der Waals surface area contributed by atoms with Gasteiger partial charge in [-0.15, -0.1) is 0 Å². The number of fused-ring (bicyclic) bond motifs is 1. The molecule has 0 amide bonds. The molecule has 0 aliphatic carbocycles. The van der Waals surface area contributed by atoms with Crippen molar-refractivity contribution in [3.8, 4) is 17.3 Å². The number of ether oxygens (including phenoxy) is 1. The van der Waals surface area contributed by atoms with E-state index in [9.17, 15) is 0 Å². The SMILES string of the molecule is c1ccc(COc2nc(-c3ccccc3)c3ccccc3n2)cc1. The van der Waals surface area contributed by atoms with Gasteiger partial charge in [0.05, 0.1) is 11.2 Å². The standard InChI is InChI=1S/C21H16N2O/c1-3-9-16(10-4-1)15-24-21-22-19-14-8-7-13-18(19)20(23-21)17-11-5-2-6-12-17/h1-14H,15H2. The maximum absolute atomic E-state index is 5.84. The zero-order chi connectivity index (χ0) is 16.2. The minimum absolute atomic E-state index is 0.399. The van der Waals surface area contributed by atoms with Gasteiger partial charge in [-0.3, -0.25) is 0 Å². The van der Waals surface area contributed by atoms with Crippen LogP contribution in [-0.2, 0) is 6.61 Å². The number of aromatic nitrogens is 2. The van der Waals surface area contributed by atoms with Crippen molar-refractivity contribution < 1.29 is 4.74 Å². The summed E-state index contributed by atoms with van der Waals surface area (Å²) in [6, 6.07) is 28.6. The van der Waals surface area contributed by atoms with Crippen molar-refractivity contribution in [3.05, 3.63) is 90.5 Å². The summed E-state index contributed by atoms with van der Waals surface area (Å²) in [6.45, 7) is 0.452. The normalized spacial score (nSPS) is 10.7. The van der Waals surface area contributed by atoms with Crippen molar-refractivity contribution in [2.45, 2.75) is 6.61 Å². The van der Waals surface area contributed by atoms with E-state index in [4.69, 9.17) is 4.74 Å². The van der Waals surface area contributed by atoms with E-state index in [0.717, 1.165) is 27.7 Å². The second-order valence-electron chi connectivity index (χ2n) is 5.51. The lowest BCUT2D eigenvalue weighted by Crippen LogP contribution is -2.01. The third-order valence-corrected chi connectivity index (χ3v) is 3.84. The largest absolute Gasteiger partial charge is 0.459 e. The summed E-state index contributed by atoms with van der Waals surface area (Å²) in [4.78, 5) is 9.20. The van der Waals surface area contributed by atoms with Crippen LogP contribution in [0.2, 0.25) is 0 Å². The Bertz CT molecular complexity index is 953. The summed E-state index contributed by atoms with van der Waals surface area (Å²) < 4.78 is 5.84. The lowest BCUT2D eigenvalue weighted by molar-refractivity contribution is 0.282. The first-order valence-electron chi connectivity index (χ1n) is 7.89. The monoisotopic (exact) mass is 312 g/mol. The highest BCUT2D eigenvalue weighted by Gasteiger charge is 2.10. The molecule has 24 heavy (non-hydrogen) atoms. The molecular formula is C21H16N2O. The van der Waals surface area contributed by atoms with Gasteiger partial charge in [-0.05, 0) is 11.6 Å². The van der Waals surface area contributed by atoms with E-state index in [1.165, 1.54) is 0 Å². The number of nitrogens with zero attached hydrogens (tertiary/aromatic N) is 2. The van der Waals surface area contributed by atoms with Gasteiger partial charge in [-0.1, -0.05) is 78.9 Å². The molecule has 1 aromatic heterocycles. The quantitative estimate of drug-likeness (QED) is 0.539. The van der Waals surface area contributed by atoms with Crippen molar-refractivity contribution in [2.24, 2.45) is 0 Å². The molecule has 0 fully saturated rings. The van der Waals surface area contributed by atoms with Gasteiger partial charge in [0.2, 0.25) is 0 Å². The van der Waals surface area contributed by atoms with E-state index < -0.39 is 0 Å². The van der Waals surface area contributed by atoms with Crippen LogP contribution in [0.4, 0.5) is 0 Å². The van der Waals surface area contributed by atoms with E-state index >= 15 is 0 Å². The van der Waals surface area contributed by atoms with Gasteiger partial charge in [0.15, 0.2) is 0 Å². The average molecular weight is 312 g/mol. The fraction of sp³-hybridized carbons (Fsp3) is 0.0476. The summed E-state index contributed by atoms with van der Waals surface area (Å²) in [5.74, 6) is 0. The van der Waals surface area contributed by atoms with Crippen LogP contribution in [0.25, 0.3) is 22.2 Å². The molecule has 0 radical (unpaired) electrons. The van der Waals surface area contributed by atoms with Gasteiger partial charge in [0.25, 0.3) is 0 Å². The Morgan fingerprint density at radius 2 is 1.33 bits per heavy atom. The van der Waals surface area contributed by atoms with Crippen molar-refractivity contribution in [3.63, 3.8) is 0 Å². The average Bonchev–Trinajstić information content (AvgIpc) is 2.67. The molecule has 0 saturated heterocycles. The number of para-hydroxylation sites is 1. The predicted octanol–water partition coefficient (Wildman–Crippen LogP) is 4.88. The molecule has 116 valence electrons. The molecule has 0 bridgehead atoms. The molecule has 4 aromatic rings. The lowest BCUT2D eigenvalue weighted by atomic mass is 10.1. The summed E-state index contributed by atoms with van der Waals surface area (Å²) >= 11 is 0. The molecule has 0 atom stereocenters. The molecule has 3 aromatic carbocycles. The molecule has 0 spiro atoms. The first-order valence-corrected chi connectivity index (χ1v) is 7.89. The fourth-order valence-corrected chi connectivity index (χ4v) is 2.66. The van der Waals surface area contributed by atoms with E-state index in [-0.39, 0.29) is 0 Å². The fourth-order valence-electron chi connectivity index (χ4n) is 2.66. The van der Waals surface area contributed by atoms with Crippen LogP contribution in [0.5, 0.6) is 6.01 Å². The minimum Gasteiger partial charge on any atom is -0.459 e. The molecule has 4 rings (SSSR count). The second-order valence-corrected chi connectivity index (χ2v) is 5.51. The Labute approximate surface area is 140 Å². The van der Waals surface area contributed by atoms with E-state index in [0.29, 0.717) is 12.6 Å². The number of hydrogen-bond acceptors (Lipinski definition) is 3. The molecule has 3 heteroatoms. The van der Waals surface area contributed by atoms with Crippen molar-refractivity contribution in [1.82, 2.24) is 9.97 Å². The highest BCUT2D eigenvalue weighted by molar-refractivity contribution is 5.92. The lowest BCUT2D eigenvalue weighted by Gasteiger charge is -2.10. The molecule has 0 aliphatic rings. The van der Waals surface area contributed by atoms with Gasteiger partial charge >= 0.3 is 6.01 Å². The minimum atomic E-state index is 0.399. The zero-order valence-corrected chi connectivity index (χ0v) is 13.1. The Morgan fingerprint density at radius 1 is 0.667 bits per heavy atom. The topological polar surface area (TPSA) is 35.0 Å². The van der Waals surface area contributed by atoms with Crippen LogP contribution in [0.1, 0.15) is 5.56 Å². The molecule has 3 nitrogen and oxygen atoms in total. The van der Waals surface area contributed by atoms with Gasteiger partial charge in [-0.25, -0.2) is 0 Å². The second kappa shape index (κ2) is 6.50. The number of hydrogen-bond donors (Lipinski definition) is 0. The third kappa shape index (κ3) is 2.97. The summed E-state index contributed by atoms with van der Waals surface area (Å²) in [6.07, 6.45) is 0. The molecule has 0 unspecified atom stereocenters. The summed E-state index contributed by atoms with van der Waals surface area (Å²) in [5.41, 5.74) is 3.93. The third-order valence-electron chi connectivity index (χ3n) is 3.84. The van der Waals surface area contributed by atoms with E-state index in [1.54, 1.807) is 0 Å². The Balaban J connectivity index is 1.74. The maximum Gasteiger partial charge on any atom is 0.317 e. The smallest absolute Gasteiger partial charge is 0.317 e. The summed E-state index contributed by atoms with van der Waals surface area (Å²) in [5, 5.41) is 1.02. The van der Waals surface area contributed by atoms with E-state index in [2.05, 4.69) is 22.1 Å². The highest BCUT2D eigenvalue weighted by atomic mass is 16.5. The van der Waals surface area contributed by atoms with Crippen molar-refractivity contribution >= 4 is 10.9 Å². The Hall–Kier alpha value is -3.20. The molecular weight excluding hydrogens is 296 g/mol. The van der Waals surface area contributed by atoms with Crippen LogP contribution < -0.4 is 4.74 Å². The number of benzene rings is 3. The van der Waals surface area contributed by atoms with Gasteiger partial charge in [0, 0.05) is 10.9 Å². The number of rotatable bonds is 4. The maximum atomic E-state index is 5.84.